The molecule has 1 aromatic carbocycles. The fourth-order valence-electron chi connectivity index (χ4n) is 3.32. The van der Waals surface area contributed by atoms with Crippen LogP contribution in [-0.4, -0.2) is 28.5 Å². The maximum Gasteiger partial charge on any atom is 0.211 e. The van der Waals surface area contributed by atoms with Gasteiger partial charge in [-0.3, -0.25) is 9.88 Å². The molecule has 6 heteroatoms. The van der Waals surface area contributed by atoms with Gasteiger partial charge in [0.15, 0.2) is 0 Å². The van der Waals surface area contributed by atoms with E-state index in [0.717, 1.165) is 43.3 Å². The monoisotopic (exact) mass is 355 g/mol. The summed E-state index contributed by atoms with van der Waals surface area (Å²) in [5.41, 5.74) is 3.08. The fourth-order valence-corrected chi connectivity index (χ4v) is 3.94. The maximum atomic E-state index is 6.08. The predicted molar refractivity (Wildman–Crippen MR) is 96.8 cm³/mol. The Morgan fingerprint density at radius 2 is 2.16 bits per heavy atom. The first kappa shape index (κ1) is 16.3. The van der Waals surface area contributed by atoms with Crippen molar-refractivity contribution in [2.45, 2.75) is 31.8 Å². The Morgan fingerprint density at radius 1 is 1.28 bits per heavy atom. The van der Waals surface area contributed by atoms with E-state index < -0.39 is 0 Å². The van der Waals surface area contributed by atoms with Gasteiger partial charge in [-0.25, -0.2) is 4.98 Å². The van der Waals surface area contributed by atoms with Crippen molar-refractivity contribution >= 4 is 11.3 Å². The van der Waals surface area contributed by atoms with Gasteiger partial charge in [0.05, 0.1) is 24.9 Å². The Kier molecular flexibility index (Phi) is 4.81. The van der Waals surface area contributed by atoms with Crippen LogP contribution >= 0.6 is 11.3 Å². The summed E-state index contributed by atoms with van der Waals surface area (Å²) in [4.78, 5) is 12.5. The average Bonchev–Trinajstić information content (AvgIpc) is 3.38. The number of ether oxygens (including phenoxy) is 1. The Bertz CT molecular complexity index is 798. The zero-order chi connectivity index (χ0) is 17.1. The summed E-state index contributed by atoms with van der Waals surface area (Å²) >= 11 is 1.70. The second-order valence-corrected chi connectivity index (χ2v) is 7.26. The first-order valence-corrected chi connectivity index (χ1v) is 9.39. The summed E-state index contributed by atoms with van der Waals surface area (Å²) in [5.74, 6) is 2.61. The van der Waals surface area contributed by atoms with Crippen LogP contribution in [0.1, 0.15) is 41.0 Å². The molecule has 1 fully saturated rings. The Balaban J connectivity index is 1.44. The van der Waals surface area contributed by atoms with Crippen molar-refractivity contribution in [3.05, 3.63) is 64.3 Å². The topological polar surface area (TPSA) is 51.4 Å². The number of hydrogen-bond acceptors (Lipinski definition) is 6. The van der Waals surface area contributed by atoms with Crippen molar-refractivity contribution in [1.82, 2.24) is 14.9 Å². The summed E-state index contributed by atoms with van der Waals surface area (Å²) in [6.07, 6.45) is 6.84. The van der Waals surface area contributed by atoms with Crippen molar-refractivity contribution in [3.8, 4) is 5.75 Å². The number of thiazole rings is 1. The van der Waals surface area contributed by atoms with E-state index in [1.165, 1.54) is 16.9 Å². The van der Waals surface area contributed by atoms with Crippen LogP contribution in [0.5, 0.6) is 5.75 Å². The van der Waals surface area contributed by atoms with Gasteiger partial charge in [0.1, 0.15) is 11.5 Å². The molecule has 1 atom stereocenters. The Labute approximate surface area is 151 Å². The van der Waals surface area contributed by atoms with Gasteiger partial charge in [-0.05, 0) is 37.1 Å². The molecule has 0 aliphatic carbocycles. The van der Waals surface area contributed by atoms with E-state index in [2.05, 4.69) is 27.0 Å². The molecule has 2 aromatic heterocycles. The van der Waals surface area contributed by atoms with Crippen LogP contribution in [0.4, 0.5) is 0 Å². The number of hydrogen-bond donors (Lipinski definition) is 0. The molecule has 5 nitrogen and oxygen atoms in total. The summed E-state index contributed by atoms with van der Waals surface area (Å²) in [6.45, 7) is 2.00. The van der Waals surface area contributed by atoms with Gasteiger partial charge in [0.25, 0.3) is 0 Å². The van der Waals surface area contributed by atoms with Crippen LogP contribution in [0, 0.1) is 0 Å². The van der Waals surface area contributed by atoms with Crippen molar-refractivity contribution in [1.29, 1.82) is 0 Å². The van der Waals surface area contributed by atoms with E-state index in [1.54, 1.807) is 18.4 Å². The minimum atomic E-state index is 0.270. The molecule has 1 aliphatic heterocycles. The van der Waals surface area contributed by atoms with E-state index in [1.807, 2.05) is 30.0 Å². The van der Waals surface area contributed by atoms with Crippen LogP contribution in [0.25, 0.3) is 0 Å². The highest BCUT2D eigenvalue weighted by atomic mass is 32.1. The molecule has 0 saturated carbocycles. The zero-order valence-electron chi connectivity index (χ0n) is 14.2. The minimum absolute atomic E-state index is 0.270. The lowest BCUT2D eigenvalue weighted by Crippen LogP contribution is -2.22. The number of benzene rings is 1. The first-order valence-electron chi connectivity index (χ1n) is 8.51. The lowest BCUT2D eigenvalue weighted by atomic mass is 10.1. The molecule has 1 aliphatic rings. The normalized spacial score (nSPS) is 17.9. The summed E-state index contributed by atoms with van der Waals surface area (Å²) in [7, 11) is 1.68. The molecule has 1 saturated heterocycles. The third kappa shape index (κ3) is 3.75. The van der Waals surface area contributed by atoms with E-state index in [4.69, 9.17) is 9.15 Å². The lowest BCUT2D eigenvalue weighted by molar-refractivity contribution is 0.214. The lowest BCUT2D eigenvalue weighted by Gasteiger charge is -2.20. The smallest absolute Gasteiger partial charge is 0.211 e. The number of methoxy groups -OCH3 is 1. The predicted octanol–water partition coefficient (Wildman–Crippen LogP) is 4.07. The summed E-state index contributed by atoms with van der Waals surface area (Å²) < 4.78 is 11.3. The molecular weight excluding hydrogens is 334 g/mol. The molecule has 130 valence electrons. The molecule has 0 bridgehead atoms. The van der Waals surface area contributed by atoms with Gasteiger partial charge < -0.3 is 9.15 Å². The molecule has 3 heterocycles. The third-order valence-corrected chi connectivity index (χ3v) is 5.36. The third-order valence-electron chi connectivity index (χ3n) is 4.60. The molecule has 0 N–H and O–H groups in total. The van der Waals surface area contributed by atoms with Crippen LogP contribution < -0.4 is 4.74 Å². The van der Waals surface area contributed by atoms with Gasteiger partial charge >= 0.3 is 0 Å². The number of oxazole rings is 1. The molecular formula is C19H21N3O2S. The second-order valence-electron chi connectivity index (χ2n) is 6.29. The average molecular weight is 355 g/mol. The zero-order valence-corrected chi connectivity index (χ0v) is 15.0. The highest BCUT2D eigenvalue weighted by Gasteiger charge is 2.30. The number of aromatic nitrogens is 2. The summed E-state index contributed by atoms with van der Waals surface area (Å²) in [5, 5.41) is 0. The number of nitrogens with zero attached hydrogens (tertiary/aromatic N) is 3. The molecule has 0 unspecified atom stereocenters. The van der Waals surface area contributed by atoms with Gasteiger partial charge in [0.2, 0.25) is 5.89 Å². The number of likely N-dealkylation sites (tertiary alicyclic amines) is 1. The van der Waals surface area contributed by atoms with E-state index >= 15 is 0 Å². The highest BCUT2D eigenvalue weighted by Crippen LogP contribution is 2.33. The SMILES string of the molecule is COc1ccc(Cc2cnc([C@@H]3CCCN3Cc3cncs3)o2)cc1. The molecule has 25 heavy (non-hydrogen) atoms. The van der Waals surface area contributed by atoms with Crippen LogP contribution in [0.15, 0.2) is 46.6 Å². The first-order chi connectivity index (χ1) is 12.3. The summed E-state index contributed by atoms with van der Waals surface area (Å²) in [6, 6.07) is 8.34. The standard InChI is InChI=1S/C19H21N3O2S/c1-23-15-6-4-14(5-7-15)9-16-10-21-19(24-16)18-3-2-8-22(18)12-17-11-20-13-25-17/h4-7,10-11,13,18H,2-3,8-9,12H2,1H3/t18-/m0/s1. The van der Waals surface area contributed by atoms with Crippen LogP contribution in [0.2, 0.25) is 0 Å². The van der Waals surface area contributed by atoms with Gasteiger partial charge in [-0.1, -0.05) is 12.1 Å². The van der Waals surface area contributed by atoms with Crippen LogP contribution in [0.3, 0.4) is 0 Å². The van der Waals surface area contributed by atoms with Crippen molar-refractivity contribution < 1.29 is 9.15 Å². The largest absolute Gasteiger partial charge is 0.497 e. The Morgan fingerprint density at radius 3 is 2.92 bits per heavy atom. The van der Waals surface area contributed by atoms with E-state index in [-0.39, 0.29) is 6.04 Å². The maximum absolute atomic E-state index is 6.08. The molecule has 4 rings (SSSR count). The van der Waals surface area contributed by atoms with Gasteiger partial charge in [-0.2, -0.15) is 0 Å². The van der Waals surface area contributed by atoms with Crippen molar-refractivity contribution in [2.24, 2.45) is 0 Å². The van der Waals surface area contributed by atoms with Crippen molar-refractivity contribution in [3.63, 3.8) is 0 Å². The molecule has 0 spiro atoms. The quantitative estimate of drug-likeness (QED) is 0.667. The number of rotatable bonds is 6. The minimum Gasteiger partial charge on any atom is -0.497 e. The highest BCUT2D eigenvalue weighted by molar-refractivity contribution is 7.09. The van der Waals surface area contributed by atoms with Gasteiger partial charge in [-0.15, -0.1) is 11.3 Å². The molecule has 3 aromatic rings. The van der Waals surface area contributed by atoms with E-state index in [9.17, 15) is 0 Å². The fraction of sp³-hybridized carbons (Fsp3) is 0.368. The molecule has 0 amide bonds. The van der Waals surface area contributed by atoms with Crippen molar-refractivity contribution in [2.75, 3.05) is 13.7 Å². The van der Waals surface area contributed by atoms with Gasteiger partial charge in [0, 0.05) is 24.0 Å². The second kappa shape index (κ2) is 7.37. The Hall–Kier alpha value is -2.18. The van der Waals surface area contributed by atoms with E-state index in [0.29, 0.717) is 0 Å². The van der Waals surface area contributed by atoms with Crippen LogP contribution in [-0.2, 0) is 13.0 Å². The molecule has 0 radical (unpaired) electrons.